The second kappa shape index (κ2) is 10.4. The molecule has 2 heterocycles. The highest BCUT2D eigenvalue weighted by molar-refractivity contribution is 5.90. The minimum atomic E-state index is -1.25. The van der Waals surface area contributed by atoms with Crippen molar-refractivity contribution in [3.63, 3.8) is 0 Å². The summed E-state index contributed by atoms with van der Waals surface area (Å²) in [6.07, 6.45) is 2.18. The lowest BCUT2D eigenvalue weighted by Crippen LogP contribution is -2.48. The van der Waals surface area contributed by atoms with Crippen molar-refractivity contribution in [3.8, 4) is 0 Å². The smallest absolute Gasteiger partial charge is 0.247 e. The third-order valence-electron chi connectivity index (χ3n) is 6.68. The normalized spacial score (nSPS) is 19.5. The predicted molar refractivity (Wildman–Crippen MR) is 134 cm³/mol. The molecule has 1 aromatic heterocycles. The Labute approximate surface area is 206 Å². The molecule has 0 radical (unpaired) electrons. The molecule has 0 bridgehead atoms. The van der Waals surface area contributed by atoms with E-state index in [1.165, 1.54) is 10.5 Å². The van der Waals surface area contributed by atoms with Crippen molar-refractivity contribution in [2.45, 2.75) is 64.3 Å². The van der Waals surface area contributed by atoms with Gasteiger partial charge in [-0.1, -0.05) is 68.4 Å². The quantitative estimate of drug-likeness (QED) is 0.537. The van der Waals surface area contributed by atoms with Gasteiger partial charge in [0, 0.05) is 12.6 Å². The van der Waals surface area contributed by atoms with Gasteiger partial charge in [0.15, 0.2) is 0 Å². The van der Waals surface area contributed by atoms with Crippen LogP contribution in [0, 0.1) is 6.92 Å². The second-order valence-electron chi connectivity index (χ2n) is 9.69. The van der Waals surface area contributed by atoms with Gasteiger partial charge in [-0.25, -0.2) is 4.39 Å². The van der Waals surface area contributed by atoms with Gasteiger partial charge in [0.05, 0.1) is 18.8 Å². The van der Waals surface area contributed by atoms with Crippen LogP contribution in [0.4, 0.5) is 4.39 Å². The second-order valence-corrected chi connectivity index (χ2v) is 9.69. The number of halogens is 1. The number of alkyl halides is 1. The molecule has 0 saturated carbocycles. The molecule has 0 aliphatic carbocycles. The molecule has 0 spiro atoms. The highest BCUT2D eigenvalue weighted by Gasteiger charge is 2.42. The molecule has 4 rings (SSSR count). The topological polar surface area (TPSA) is 67.2 Å². The highest BCUT2D eigenvalue weighted by Crippen LogP contribution is 2.28. The van der Waals surface area contributed by atoms with E-state index in [2.05, 4.69) is 36.4 Å². The van der Waals surface area contributed by atoms with Crippen LogP contribution in [0.25, 0.3) is 0 Å². The van der Waals surface area contributed by atoms with Crippen LogP contribution in [-0.4, -0.2) is 45.3 Å². The van der Waals surface area contributed by atoms with Crippen molar-refractivity contribution in [2.24, 2.45) is 0 Å². The minimum absolute atomic E-state index is 0.0176. The number of likely N-dealkylation sites (tertiary alicyclic amines) is 1. The van der Waals surface area contributed by atoms with Gasteiger partial charge in [0.2, 0.25) is 11.8 Å². The lowest BCUT2D eigenvalue weighted by Gasteiger charge is -2.29. The fourth-order valence-corrected chi connectivity index (χ4v) is 4.59. The molecular formula is C28H33FN4O2. The monoisotopic (exact) mass is 476 g/mol. The number of nitrogens with one attached hydrogen (secondary N) is 1. The first-order chi connectivity index (χ1) is 16.7. The Hall–Kier alpha value is -3.48. The van der Waals surface area contributed by atoms with E-state index >= 15 is 0 Å². The summed E-state index contributed by atoms with van der Waals surface area (Å²) in [4.78, 5) is 28.1. The van der Waals surface area contributed by atoms with Crippen LogP contribution >= 0.6 is 0 Å². The number of hydrogen-bond donors (Lipinski definition) is 1. The van der Waals surface area contributed by atoms with E-state index in [0.29, 0.717) is 5.92 Å². The number of carbonyl (C=O) groups excluding carboxylic acids is 2. The molecule has 6 nitrogen and oxygen atoms in total. The number of carbonyl (C=O) groups is 2. The zero-order valence-corrected chi connectivity index (χ0v) is 20.7. The summed E-state index contributed by atoms with van der Waals surface area (Å²) in [5.41, 5.74) is 3.99. The molecule has 4 atom stereocenters. The van der Waals surface area contributed by atoms with E-state index in [-0.39, 0.29) is 24.8 Å². The van der Waals surface area contributed by atoms with Crippen LogP contribution in [0.5, 0.6) is 0 Å². The van der Waals surface area contributed by atoms with Crippen molar-refractivity contribution in [2.75, 3.05) is 6.54 Å². The molecule has 1 saturated heterocycles. The van der Waals surface area contributed by atoms with Crippen LogP contribution in [-0.2, 0) is 9.59 Å². The van der Waals surface area contributed by atoms with Crippen molar-refractivity contribution >= 4 is 11.8 Å². The summed E-state index contributed by atoms with van der Waals surface area (Å²) in [5.74, 6) is -0.274. The maximum Gasteiger partial charge on any atom is 0.247 e. The van der Waals surface area contributed by atoms with Crippen molar-refractivity contribution in [3.05, 3.63) is 89.2 Å². The molecule has 2 aromatic carbocycles. The van der Waals surface area contributed by atoms with E-state index < -0.39 is 24.3 Å². The molecular weight excluding hydrogens is 443 g/mol. The molecule has 1 N–H and O–H groups in total. The van der Waals surface area contributed by atoms with Gasteiger partial charge < -0.3 is 10.2 Å². The van der Waals surface area contributed by atoms with E-state index in [1.807, 2.05) is 49.4 Å². The summed E-state index contributed by atoms with van der Waals surface area (Å²) in [5, 5.41) is 7.33. The number of amides is 2. The van der Waals surface area contributed by atoms with E-state index in [0.717, 1.165) is 16.7 Å². The SMILES string of the molecule is Cc1cnn(C(C)C(=O)N2C[C@H](F)C[C@H]2C(=O)N[C@@H](c2ccccc2)c2ccc(C(C)C)cc2)c1. The zero-order chi connectivity index (χ0) is 25.1. The summed E-state index contributed by atoms with van der Waals surface area (Å²) < 4.78 is 16.1. The summed E-state index contributed by atoms with van der Waals surface area (Å²) in [6.45, 7) is 7.78. The van der Waals surface area contributed by atoms with Crippen LogP contribution in [0.15, 0.2) is 67.0 Å². The Kier molecular flexibility index (Phi) is 7.34. The van der Waals surface area contributed by atoms with Crippen LogP contribution < -0.4 is 5.32 Å². The predicted octanol–water partition coefficient (Wildman–Crippen LogP) is 4.72. The van der Waals surface area contributed by atoms with Gasteiger partial charge in [-0.05, 0) is 42.0 Å². The first-order valence-electron chi connectivity index (χ1n) is 12.1. The summed E-state index contributed by atoms with van der Waals surface area (Å²) in [7, 11) is 0. The zero-order valence-electron chi connectivity index (χ0n) is 20.7. The lowest BCUT2D eigenvalue weighted by molar-refractivity contribution is -0.141. The molecule has 1 fully saturated rings. The van der Waals surface area contributed by atoms with Crippen molar-refractivity contribution in [1.82, 2.24) is 20.0 Å². The van der Waals surface area contributed by atoms with E-state index in [9.17, 15) is 14.0 Å². The number of benzene rings is 2. The average molecular weight is 477 g/mol. The van der Waals surface area contributed by atoms with Crippen molar-refractivity contribution in [1.29, 1.82) is 0 Å². The molecule has 1 aliphatic rings. The maximum absolute atomic E-state index is 14.5. The number of hydrogen-bond acceptors (Lipinski definition) is 3. The largest absolute Gasteiger partial charge is 0.343 e. The standard InChI is InChI=1S/C28H33FN4O2/c1-18(2)21-10-12-23(13-11-21)26(22-8-6-5-7-9-22)31-27(34)25-14-24(29)17-32(25)28(35)20(4)33-16-19(3)15-30-33/h5-13,15-16,18,20,24-26H,14,17H2,1-4H3,(H,31,34)/t20?,24-,25+,26+/m1/s1. The third kappa shape index (κ3) is 5.45. The van der Waals surface area contributed by atoms with Gasteiger partial charge in [-0.3, -0.25) is 14.3 Å². The van der Waals surface area contributed by atoms with Gasteiger partial charge >= 0.3 is 0 Å². The number of aryl methyl sites for hydroxylation is 1. The molecule has 1 aliphatic heterocycles. The number of aromatic nitrogens is 2. The molecule has 35 heavy (non-hydrogen) atoms. The van der Waals surface area contributed by atoms with Gasteiger partial charge in [-0.15, -0.1) is 0 Å². The first-order valence-corrected chi connectivity index (χ1v) is 12.1. The first kappa shape index (κ1) is 24.6. The fourth-order valence-electron chi connectivity index (χ4n) is 4.59. The Morgan fingerprint density at radius 3 is 2.23 bits per heavy atom. The van der Waals surface area contributed by atoms with Gasteiger partial charge in [-0.2, -0.15) is 5.10 Å². The number of rotatable bonds is 7. The van der Waals surface area contributed by atoms with Gasteiger partial charge in [0.1, 0.15) is 18.3 Å². The molecule has 2 amide bonds. The summed E-state index contributed by atoms with van der Waals surface area (Å²) >= 11 is 0. The van der Waals surface area contributed by atoms with E-state index in [4.69, 9.17) is 0 Å². The summed E-state index contributed by atoms with van der Waals surface area (Å²) in [6, 6.07) is 15.9. The number of nitrogens with zero attached hydrogens (tertiary/aromatic N) is 3. The van der Waals surface area contributed by atoms with Crippen LogP contribution in [0.1, 0.15) is 67.4 Å². The molecule has 1 unspecified atom stereocenters. The maximum atomic E-state index is 14.5. The Bertz CT molecular complexity index is 1160. The van der Waals surface area contributed by atoms with Crippen LogP contribution in [0.3, 0.4) is 0 Å². The molecule has 184 valence electrons. The highest BCUT2D eigenvalue weighted by atomic mass is 19.1. The molecule has 7 heteroatoms. The average Bonchev–Trinajstić information content (AvgIpc) is 3.47. The van der Waals surface area contributed by atoms with E-state index in [1.54, 1.807) is 24.0 Å². The molecule has 3 aromatic rings. The minimum Gasteiger partial charge on any atom is -0.343 e. The van der Waals surface area contributed by atoms with Gasteiger partial charge in [0.25, 0.3) is 0 Å². The third-order valence-corrected chi connectivity index (χ3v) is 6.68. The van der Waals surface area contributed by atoms with Crippen molar-refractivity contribution < 1.29 is 14.0 Å². The van der Waals surface area contributed by atoms with Crippen LogP contribution in [0.2, 0.25) is 0 Å². The Morgan fingerprint density at radius 2 is 1.63 bits per heavy atom. The Balaban J connectivity index is 1.58. The Morgan fingerprint density at radius 1 is 1.00 bits per heavy atom. The fraction of sp³-hybridized carbons (Fsp3) is 0.393. The lowest BCUT2D eigenvalue weighted by atomic mass is 9.95.